The summed E-state index contributed by atoms with van der Waals surface area (Å²) >= 11 is 6.21. The molecule has 0 aliphatic carbocycles. The van der Waals surface area contributed by atoms with Crippen molar-refractivity contribution in [2.24, 2.45) is 0 Å². The molecule has 0 saturated carbocycles. The summed E-state index contributed by atoms with van der Waals surface area (Å²) in [5, 5.41) is 20.2. The van der Waals surface area contributed by atoms with Gasteiger partial charge in [-0.15, -0.1) is 0 Å². The number of aryl methyl sites for hydroxylation is 1. The second-order valence-corrected chi connectivity index (χ2v) is 11.0. The maximum atomic E-state index is 13.9. The number of aromatic nitrogens is 2. The van der Waals surface area contributed by atoms with Crippen LogP contribution in [0.3, 0.4) is 0 Å². The van der Waals surface area contributed by atoms with Gasteiger partial charge < -0.3 is 20.1 Å². The lowest BCUT2D eigenvalue weighted by Gasteiger charge is -2.38. The number of benzene rings is 2. The molecule has 3 N–H and O–H groups in total. The number of carbonyl (C=O) groups is 2. The van der Waals surface area contributed by atoms with Crippen LogP contribution in [-0.2, 0) is 11.5 Å². The van der Waals surface area contributed by atoms with E-state index in [2.05, 4.69) is 15.5 Å². The molecule has 9 nitrogen and oxygen atoms in total. The minimum atomic E-state index is -1.17. The lowest BCUT2D eigenvalue weighted by atomic mass is 9.96. The summed E-state index contributed by atoms with van der Waals surface area (Å²) in [5.74, 6) is -0.924. The van der Waals surface area contributed by atoms with Gasteiger partial charge in [0.25, 0.3) is 5.91 Å². The summed E-state index contributed by atoms with van der Waals surface area (Å²) in [7, 11) is 0. The Morgan fingerprint density at radius 1 is 1.23 bits per heavy atom. The zero-order valence-electron chi connectivity index (χ0n) is 22.7. The molecule has 1 fully saturated rings. The number of nitrogens with one attached hydrogen (secondary N) is 2. The van der Waals surface area contributed by atoms with Gasteiger partial charge >= 0.3 is 5.56 Å². The molecule has 212 valence electrons. The van der Waals surface area contributed by atoms with E-state index < -0.39 is 35.8 Å². The monoisotopic (exact) mass is 570 g/mol. The van der Waals surface area contributed by atoms with Gasteiger partial charge in [0.05, 0.1) is 23.4 Å². The maximum absolute atomic E-state index is 13.9. The van der Waals surface area contributed by atoms with Crippen molar-refractivity contribution in [1.82, 2.24) is 20.4 Å². The molecular weight excluding hydrogens is 539 g/mol. The predicted octanol–water partition coefficient (Wildman–Crippen LogP) is 4.62. The normalized spacial score (nSPS) is 17.9. The number of aromatic amines is 1. The summed E-state index contributed by atoms with van der Waals surface area (Å²) in [6, 6.07) is 11.1. The highest BCUT2D eigenvalue weighted by atomic mass is 35.5. The van der Waals surface area contributed by atoms with E-state index in [1.807, 2.05) is 12.1 Å². The first-order chi connectivity index (χ1) is 18.9. The van der Waals surface area contributed by atoms with Crippen molar-refractivity contribution >= 4 is 23.4 Å². The quantitative estimate of drug-likeness (QED) is 0.363. The van der Waals surface area contributed by atoms with Crippen molar-refractivity contribution in [2.45, 2.75) is 70.9 Å². The lowest BCUT2D eigenvalue weighted by molar-refractivity contribution is -0.141. The zero-order valence-corrected chi connectivity index (χ0v) is 23.5. The Kier molecular flexibility index (Phi) is 8.60. The Morgan fingerprint density at radius 3 is 2.65 bits per heavy atom. The molecule has 3 aromatic rings. The predicted molar refractivity (Wildman–Crippen MR) is 148 cm³/mol. The van der Waals surface area contributed by atoms with Crippen LogP contribution in [0, 0.1) is 6.92 Å². The van der Waals surface area contributed by atoms with Gasteiger partial charge in [-0.3, -0.25) is 14.4 Å². The fourth-order valence-corrected chi connectivity index (χ4v) is 5.22. The molecule has 40 heavy (non-hydrogen) atoms. The fourth-order valence-electron chi connectivity index (χ4n) is 5.02. The molecule has 1 aliphatic rings. The number of aliphatic hydroxyl groups is 1. The summed E-state index contributed by atoms with van der Waals surface area (Å²) in [6.07, 6.45) is 1.21. The number of H-pyrrole nitrogens is 1. The molecule has 2 aromatic carbocycles. The molecule has 0 spiro atoms. The smallest absolute Gasteiger partial charge is 0.307 e. The van der Waals surface area contributed by atoms with E-state index in [4.69, 9.17) is 16.3 Å². The number of hydrogen-bond donors (Lipinski definition) is 3. The summed E-state index contributed by atoms with van der Waals surface area (Å²) in [4.78, 5) is 40.5. The van der Waals surface area contributed by atoms with E-state index in [9.17, 15) is 23.9 Å². The zero-order chi connectivity index (χ0) is 29.2. The van der Waals surface area contributed by atoms with Crippen LogP contribution in [0.2, 0.25) is 5.02 Å². The van der Waals surface area contributed by atoms with E-state index in [1.54, 1.807) is 44.7 Å². The molecule has 1 saturated heterocycles. The number of nitrogens with zero attached hydrogens (tertiary/aromatic N) is 2. The van der Waals surface area contributed by atoms with Gasteiger partial charge in [0, 0.05) is 22.2 Å². The number of carbonyl (C=O) groups excluding carboxylic acids is 2. The average molecular weight is 571 g/mol. The van der Waals surface area contributed by atoms with Crippen molar-refractivity contribution in [3.05, 3.63) is 86.3 Å². The largest absolute Gasteiger partial charge is 0.451 e. The van der Waals surface area contributed by atoms with Crippen molar-refractivity contribution < 1.29 is 23.8 Å². The average Bonchev–Trinajstić information content (AvgIpc) is 3.36. The lowest BCUT2D eigenvalue weighted by Crippen LogP contribution is -2.54. The Hall–Kier alpha value is -3.76. The number of ether oxygens (including phenoxy) is 1. The third-order valence-electron chi connectivity index (χ3n) is 6.99. The molecule has 1 unspecified atom stereocenters. The fraction of sp³-hybridized carbons (Fsp3) is 0.379. The van der Waals surface area contributed by atoms with Crippen LogP contribution >= 0.6 is 11.6 Å². The molecule has 1 aromatic heterocycles. The Balaban J connectivity index is 1.54. The first kappa shape index (κ1) is 29.2. The molecule has 2 heterocycles. The number of rotatable bonds is 8. The van der Waals surface area contributed by atoms with Gasteiger partial charge in [-0.25, -0.2) is 9.49 Å². The van der Waals surface area contributed by atoms with E-state index in [0.29, 0.717) is 23.6 Å². The number of alkyl halides is 1. The van der Waals surface area contributed by atoms with Crippen molar-refractivity contribution in [1.29, 1.82) is 0 Å². The minimum Gasteiger partial charge on any atom is -0.451 e. The molecule has 2 amide bonds. The van der Waals surface area contributed by atoms with Gasteiger partial charge in [0.1, 0.15) is 18.5 Å². The Labute approximate surface area is 236 Å². The van der Waals surface area contributed by atoms with Gasteiger partial charge in [-0.2, -0.15) is 5.10 Å². The topological polar surface area (TPSA) is 125 Å². The highest BCUT2D eigenvalue weighted by Crippen LogP contribution is 2.41. The second-order valence-electron chi connectivity index (χ2n) is 10.5. The number of likely N-dealkylation sites (tertiary alicyclic amines) is 1. The Morgan fingerprint density at radius 2 is 1.98 bits per heavy atom. The first-order valence-corrected chi connectivity index (χ1v) is 13.3. The van der Waals surface area contributed by atoms with Gasteiger partial charge in [0.2, 0.25) is 5.91 Å². The SMILES string of the molecule is Cc1cc(Oc2ccc(C(=O)N[C@H](C)C(=O)N3C(C(C)(C)O)CC[C@H]3c3cccc(Cl)c3)cc2CF)c(=O)[nH]n1. The number of halogens is 2. The van der Waals surface area contributed by atoms with E-state index in [-0.39, 0.29) is 34.6 Å². The van der Waals surface area contributed by atoms with Gasteiger partial charge in [-0.05, 0) is 76.4 Å². The van der Waals surface area contributed by atoms with Crippen LogP contribution in [0.4, 0.5) is 4.39 Å². The Bertz CT molecular complexity index is 1470. The third-order valence-corrected chi connectivity index (χ3v) is 7.23. The van der Waals surface area contributed by atoms with Gasteiger partial charge in [-0.1, -0.05) is 23.7 Å². The van der Waals surface area contributed by atoms with Crippen LogP contribution in [0.5, 0.6) is 11.5 Å². The minimum absolute atomic E-state index is 0.0557. The maximum Gasteiger partial charge on any atom is 0.307 e. The highest BCUT2D eigenvalue weighted by molar-refractivity contribution is 6.30. The summed E-state index contributed by atoms with van der Waals surface area (Å²) < 4.78 is 19.5. The molecule has 0 bridgehead atoms. The molecule has 4 rings (SSSR count). The van der Waals surface area contributed by atoms with E-state index in [1.165, 1.54) is 24.3 Å². The van der Waals surface area contributed by atoms with E-state index in [0.717, 1.165) is 5.56 Å². The summed E-state index contributed by atoms with van der Waals surface area (Å²) in [5.41, 5.74) is -0.222. The molecule has 3 atom stereocenters. The van der Waals surface area contributed by atoms with E-state index >= 15 is 0 Å². The molecular formula is C29H32ClFN4O5. The molecule has 0 radical (unpaired) electrons. The highest BCUT2D eigenvalue weighted by Gasteiger charge is 2.45. The van der Waals surface area contributed by atoms with Crippen LogP contribution in [0.25, 0.3) is 0 Å². The molecule has 1 aliphatic heterocycles. The second kappa shape index (κ2) is 11.8. The van der Waals surface area contributed by atoms with Crippen LogP contribution < -0.4 is 15.6 Å². The molecule has 11 heteroatoms. The van der Waals surface area contributed by atoms with Crippen LogP contribution in [0.1, 0.15) is 66.8 Å². The van der Waals surface area contributed by atoms with Crippen LogP contribution in [-0.4, -0.2) is 49.7 Å². The van der Waals surface area contributed by atoms with Crippen molar-refractivity contribution in [2.75, 3.05) is 0 Å². The first-order valence-electron chi connectivity index (χ1n) is 12.9. The third kappa shape index (κ3) is 6.34. The summed E-state index contributed by atoms with van der Waals surface area (Å²) in [6.45, 7) is 5.60. The van der Waals surface area contributed by atoms with Gasteiger partial charge in [0.15, 0.2) is 5.75 Å². The standard InChI is InChI=1S/C29H32ClFN4O5/c1-16-12-24(27(37)34-33-16)40-23-10-8-19(13-20(23)15-31)26(36)32-17(2)28(38)35-22(9-11-25(35)29(3,4)39)18-6-5-7-21(30)14-18/h5-8,10,12-14,17,22,25,39H,9,11,15H2,1-4H3,(H,32,36)(H,34,37)/t17-,22+,25?/m1/s1. The van der Waals surface area contributed by atoms with Crippen molar-refractivity contribution in [3.8, 4) is 11.5 Å². The number of amides is 2. The van der Waals surface area contributed by atoms with Crippen LogP contribution in [0.15, 0.2) is 53.3 Å². The van der Waals surface area contributed by atoms with Crippen molar-refractivity contribution in [3.63, 3.8) is 0 Å². The number of hydrogen-bond acceptors (Lipinski definition) is 6.